The predicted octanol–water partition coefficient (Wildman–Crippen LogP) is 3.25. The van der Waals surface area contributed by atoms with Crippen LogP contribution in [0.15, 0.2) is 30.3 Å². The van der Waals surface area contributed by atoms with Crippen LogP contribution in [0.5, 0.6) is 0 Å². The molecule has 1 aromatic heterocycles. The van der Waals surface area contributed by atoms with E-state index in [9.17, 15) is 0 Å². The molecule has 0 atom stereocenters. The van der Waals surface area contributed by atoms with E-state index in [1.807, 2.05) is 0 Å². The molecule has 1 aliphatic rings. The minimum Gasteiger partial charge on any atom is -0.371 e. The molecule has 106 valence electrons. The number of aryl methyl sites for hydroxylation is 1. The fourth-order valence-corrected chi connectivity index (χ4v) is 3.26. The average molecular weight is 269 g/mol. The highest BCUT2D eigenvalue weighted by atomic mass is 15.1. The van der Waals surface area contributed by atoms with Gasteiger partial charge in [0.15, 0.2) is 0 Å². The summed E-state index contributed by atoms with van der Waals surface area (Å²) >= 11 is 0. The molecule has 2 N–H and O–H groups in total. The van der Waals surface area contributed by atoms with Crippen molar-refractivity contribution in [2.45, 2.75) is 44.7 Å². The molecule has 1 aromatic carbocycles. The van der Waals surface area contributed by atoms with Crippen LogP contribution in [0.4, 0.5) is 5.69 Å². The van der Waals surface area contributed by atoms with Gasteiger partial charge in [-0.2, -0.15) is 0 Å². The SMILES string of the molecule is Cc1cc(N(C)C2CCC(N)CC2)c2ccccc2n1. The fourth-order valence-electron chi connectivity index (χ4n) is 3.26. The molecule has 20 heavy (non-hydrogen) atoms. The zero-order valence-corrected chi connectivity index (χ0v) is 12.3. The predicted molar refractivity (Wildman–Crippen MR) is 85.1 cm³/mol. The quantitative estimate of drug-likeness (QED) is 0.910. The van der Waals surface area contributed by atoms with Gasteiger partial charge in [-0.25, -0.2) is 0 Å². The van der Waals surface area contributed by atoms with Crippen molar-refractivity contribution in [1.82, 2.24) is 4.98 Å². The van der Waals surface area contributed by atoms with Gasteiger partial charge in [0.25, 0.3) is 0 Å². The third kappa shape index (κ3) is 2.50. The summed E-state index contributed by atoms with van der Waals surface area (Å²) in [4.78, 5) is 7.06. The van der Waals surface area contributed by atoms with Crippen molar-refractivity contribution in [3.63, 3.8) is 0 Å². The molecule has 0 unspecified atom stereocenters. The summed E-state index contributed by atoms with van der Waals surface area (Å²) in [5.41, 5.74) is 9.49. The molecule has 0 spiro atoms. The maximum atomic E-state index is 6.02. The van der Waals surface area contributed by atoms with E-state index in [2.05, 4.69) is 54.2 Å². The summed E-state index contributed by atoms with van der Waals surface area (Å²) in [6.07, 6.45) is 4.65. The Morgan fingerprint density at radius 2 is 1.85 bits per heavy atom. The normalized spacial score (nSPS) is 22.9. The molecule has 1 aliphatic carbocycles. The second kappa shape index (κ2) is 5.41. The van der Waals surface area contributed by atoms with Crippen molar-refractivity contribution in [1.29, 1.82) is 0 Å². The van der Waals surface area contributed by atoms with E-state index < -0.39 is 0 Å². The number of fused-ring (bicyclic) bond motifs is 1. The first kappa shape index (κ1) is 13.4. The van der Waals surface area contributed by atoms with Crippen LogP contribution in [0.1, 0.15) is 31.4 Å². The maximum absolute atomic E-state index is 6.02. The lowest BCUT2D eigenvalue weighted by molar-refractivity contribution is 0.385. The number of benzene rings is 1. The Hall–Kier alpha value is -1.61. The van der Waals surface area contributed by atoms with Crippen molar-refractivity contribution in [3.05, 3.63) is 36.0 Å². The summed E-state index contributed by atoms with van der Waals surface area (Å²) < 4.78 is 0. The number of hydrogen-bond donors (Lipinski definition) is 1. The van der Waals surface area contributed by atoms with Gasteiger partial charge in [-0.15, -0.1) is 0 Å². The lowest BCUT2D eigenvalue weighted by Crippen LogP contribution is -2.38. The first-order chi connectivity index (χ1) is 9.65. The van der Waals surface area contributed by atoms with E-state index in [0.29, 0.717) is 12.1 Å². The second-order valence-electron chi connectivity index (χ2n) is 5.98. The number of hydrogen-bond acceptors (Lipinski definition) is 3. The second-order valence-corrected chi connectivity index (χ2v) is 5.98. The number of aromatic nitrogens is 1. The number of pyridine rings is 1. The summed E-state index contributed by atoms with van der Waals surface area (Å²) in [6.45, 7) is 2.07. The van der Waals surface area contributed by atoms with Crippen LogP contribution in [-0.2, 0) is 0 Å². The Morgan fingerprint density at radius 1 is 1.15 bits per heavy atom. The Balaban J connectivity index is 1.96. The van der Waals surface area contributed by atoms with Crippen molar-refractivity contribution in [2.75, 3.05) is 11.9 Å². The molecule has 0 amide bonds. The molecule has 1 saturated carbocycles. The van der Waals surface area contributed by atoms with Gasteiger partial charge in [0, 0.05) is 35.9 Å². The van der Waals surface area contributed by atoms with E-state index in [1.165, 1.54) is 23.9 Å². The topological polar surface area (TPSA) is 42.1 Å². The Labute approximate surface area is 120 Å². The van der Waals surface area contributed by atoms with Crippen LogP contribution in [0.25, 0.3) is 10.9 Å². The Bertz CT molecular complexity index is 600. The van der Waals surface area contributed by atoms with Crippen molar-refractivity contribution < 1.29 is 0 Å². The molecule has 0 bridgehead atoms. The molecule has 0 radical (unpaired) electrons. The number of anilines is 1. The number of para-hydroxylation sites is 1. The van der Waals surface area contributed by atoms with Gasteiger partial charge < -0.3 is 10.6 Å². The van der Waals surface area contributed by atoms with Gasteiger partial charge in [0.05, 0.1) is 5.52 Å². The van der Waals surface area contributed by atoms with Crippen LogP contribution in [-0.4, -0.2) is 24.1 Å². The minimum absolute atomic E-state index is 0.399. The van der Waals surface area contributed by atoms with Crippen LogP contribution >= 0.6 is 0 Å². The molecular weight excluding hydrogens is 246 g/mol. The van der Waals surface area contributed by atoms with Gasteiger partial charge in [0.1, 0.15) is 0 Å². The van der Waals surface area contributed by atoms with Gasteiger partial charge >= 0.3 is 0 Å². The Kier molecular flexibility index (Phi) is 3.62. The molecule has 2 aromatic rings. The van der Waals surface area contributed by atoms with E-state index in [0.717, 1.165) is 24.1 Å². The monoisotopic (exact) mass is 269 g/mol. The van der Waals surface area contributed by atoms with Crippen LogP contribution < -0.4 is 10.6 Å². The van der Waals surface area contributed by atoms with Crippen LogP contribution in [0, 0.1) is 6.92 Å². The van der Waals surface area contributed by atoms with Gasteiger partial charge in [-0.05, 0) is 44.7 Å². The fraction of sp³-hybridized carbons (Fsp3) is 0.471. The molecule has 1 fully saturated rings. The third-order valence-electron chi connectivity index (χ3n) is 4.49. The standard InChI is InChI=1S/C17H23N3/c1-12-11-17(15-5-3-4-6-16(15)19-12)20(2)14-9-7-13(18)8-10-14/h3-6,11,13-14H,7-10,18H2,1-2H3. The van der Waals surface area contributed by atoms with E-state index >= 15 is 0 Å². The number of nitrogens with zero attached hydrogens (tertiary/aromatic N) is 2. The largest absolute Gasteiger partial charge is 0.371 e. The molecule has 0 saturated heterocycles. The van der Waals surface area contributed by atoms with Crippen molar-refractivity contribution >= 4 is 16.6 Å². The highest BCUT2D eigenvalue weighted by Crippen LogP contribution is 2.31. The zero-order valence-electron chi connectivity index (χ0n) is 12.3. The maximum Gasteiger partial charge on any atom is 0.0726 e. The van der Waals surface area contributed by atoms with Crippen LogP contribution in [0.2, 0.25) is 0 Å². The first-order valence-electron chi connectivity index (χ1n) is 7.50. The molecule has 0 aliphatic heterocycles. The molecule has 3 rings (SSSR count). The van der Waals surface area contributed by atoms with Gasteiger partial charge in [-0.3, -0.25) is 4.98 Å². The lowest BCUT2D eigenvalue weighted by Gasteiger charge is -2.35. The molecular formula is C17H23N3. The third-order valence-corrected chi connectivity index (χ3v) is 4.49. The lowest BCUT2D eigenvalue weighted by atomic mass is 9.90. The summed E-state index contributed by atoms with van der Waals surface area (Å²) in [7, 11) is 2.21. The summed E-state index contributed by atoms with van der Waals surface area (Å²) in [5.74, 6) is 0. The number of nitrogens with two attached hydrogens (primary N) is 1. The van der Waals surface area contributed by atoms with Crippen LogP contribution in [0.3, 0.4) is 0 Å². The number of rotatable bonds is 2. The van der Waals surface area contributed by atoms with Crippen molar-refractivity contribution in [3.8, 4) is 0 Å². The average Bonchev–Trinajstić information content (AvgIpc) is 2.46. The molecule has 3 nitrogen and oxygen atoms in total. The zero-order chi connectivity index (χ0) is 14.1. The van der Waals surface area contributed by atoms with E-state index in [4.69, 9.17) is 5.73 Å². The van der Waals surface area contributed by atoms with E-state index in [1.54, 1.807) is 0 Å². The summed E-state index contributed by atoms with van der Waals surface area (Å²) in [5, 5.41) is 1.25. The smallest absolute Gasteiger partial charge is 0.0726 e. The first-order valence-corrected chi connectivity index (χ1v) is 7.50. The highest BCUT2D eigenvalue weighted by Gasteiger charge is 2.23. The highest BCUT2D eigenvalue weighted by molar-refractivity contribution is 5.92. The van der Waals surface area contributed by atoms with Crippen molar-refractivity contribution in [2.24, 2.45) is 5.73 Å². The van der Waals surface area contributed by atoms with Gasteiger partial charge in [0.2, 0.25) is 0 Å². The Morgan fingerprint density at radius 3 is 2.60 bits per heavy atom. The minimum atomic E-state index is 0.399. The molecule has 3 heteroatoms. The summed E-state index contributed by atoms with van der Waals surface area (Å²) in [6, 6.07) is 11.6. The molecule has 1 heterocycles. The van der Waals surface area contributed by atoms with E-state index in [-0.39, 0.29) is 0 Å². The van der Waals surface area contributed by atoms with Gasteiger partial charge in [-0.1, -0.05) is 18.2 Å².